The minimum absolute atomic E-state index is 0.0909. The third-order valence-corrected chi connectivity index (χ3v) is 5.95. The van der Waals surface area contributed by atoms with E-state index in [0.717, 1.165) is 43.3 Å². The SMILES string of the molecule is O=C(c1ccc2[nH]cnc2c1)N1CCC[C@H]2c3cc(O)ccc3CC[C@H]21. The van der Waals surface area contributed by atoms with Gasteiger partial charge in [0.1, 0.15) is 5.75 Å². The van der Waals surface area contributed by atoms with E-state index in [9.17, 15) is 9.90 Å². The molecule has 0 bridgehead atoms. The molecule has 1 fully saturated rings. The number of aromatic hydroxyl groups is 1. The number of hydrogen-bond donors (Lipinski definition) is 2. The van der Waals surface area contributed by atoms with Gasteiger partial charge in [0, 0.05) is 24.1 Å². The van der Waals surface area contributed by atoms with Crippen LogP contribution in [0.3, 0.4) is 0 Å². The second-order valence-electron chi connectivity index (χ2n) is 7.37. The first-order valence-corrected chi connectivity index (χ1v) is 9.26. The number of H-pyrrole nitrogens is 1. The molecule has 3 aromatic rings. The Morgan fingerprint density at radius 1 is 1.19 bits per heavy atom. The Balaban J connectivity index is 1.48. The normalized spacial score (nSPS) is 22.1. The van der Waals surface area contributed by atoms with Crippen LogP contribution in [0.5, 0.6) is 5.75 Å². The van der Waals surface area contributed by atoms with Crippen molar-refractivity contribution < 1.29 is 9.90 Å². The minimum atomic E-state index is 0.0909. The van der Waals surface area contributed by atoms with Gasteiger partial charge in [-0.2, -0.15) is 0 Å². The number of carbonyl (C=O) groups excluding carboxylic acids is 1. The Morgan fingerprint density at radius 3 is 3.04 bits per heavy atom. The van der Waals surface area contributed by atoms with E-state index in [-0.39, 0.29) is 11.9 Å². The van der Waals surface area contributed by atoms with E-state index >= 15 is 0 Å². The maximum atomic E-state index is 13.2. The van der Waals surface area contributed by atoms with Crippen molar-refractivity contribution in [2.75, 3.05) is 6.54 Å². The van der Waals surface area contributed by atoms with E-state index in [0.29, 0.717) is 17.2 Å². The first kappa shape index (κ1) is 15.4. The number of carbonyl (C=O) groups is 1. The molecule has 132 valence electrons. The third kappa shape index (κ3) is 2.38. The molecule has 1 aliphatic carbocycles. The zero-order valence-corrected chi connectivity index (χ0v) is 14.5. The molecule has 0 saturated carbocycles. The number of fused-ring (bicyclic) bond motifs is 4. The summed E-state index contributed by atoms with van der Waals surface area (Å²) >= 11 is 0. The monoisotopic (exact) mass is 347 g/mol. The Labute approximate surface area is 151 Å². The van der Waals surface area contributed by atoms with E-state index in [1.807, 2.05) is 30.3 Å². The molecule has 2 N–H and O–H groups in total. The highest BCUT2D eigenvalue weighted by molar-refractivity contribution is 5.97. The summed E-state index contributed by atoms with van der Waals surface area (Å²) in [6.45, 7) is 0.798. The van der Waals surface area contributed by atoms with Gasteiger partial charge in [-0.1, -0.05) is 6.07 Å². The van der Waals surface area contributed by atoms with Gasteiger partial charge in [-0.25, -0.2) is 4.98 Å². The summed E-state index contributed by atoms with van der Waals surface area (Å²) < 4.78 is 0. The lowest BCUT2D eigenvalue weighted by atomic mass is 9.74. The Hall–Kier alpha value is -2.82. The van der Waals surface area contributed by atoms with Crippen LogP contribution in [0, 0.1) is 0 Å². The molecule has 1 saturated heterocycles. The average molecular weight is 347 g/mol. The van der Waals surface area contributed by atoms with Crippen molar-refractivity contribution in [3.05, 3.63) is 59.4 Å². The molecule has 26 heavy (non-hydrogen) atoms. The van der Waals surface area contributed by atoms with Crippen molar-refractivity contribution in [1.29, 1.82) is 0 Å². The van der Waals surface area contributed by atoms with Crippen LogP contribution >= 0.6 is 0 Å². The van der Waals surface area contributed by atoms with Gasteiger partial charge in [0.05, 0.1) is 17.4 Å². The van der Waals surface area contributed by atoms with Gasteiger partial charge in [-0.3, -0.25) is 4.79 Å². The molecule has 2 aromatic carbocycles. The summed E-state index contributed by atoms with van der Waals surface area (Å²) in [5, 5.41) is 9.92. The van der Waals surface area contributed by atoms with Crippen molar-refractivity contribution in [3.8, 4) is 5.75 Å². The van der Waals surface area contributed by atoms with Gasteiger partial charge in [0.15, 0.2) is 0 Å². The largest absolute Gasteiger partial charge is 0.508 e. The quantitative estimate of drug-likeness (QED) is 0.707. The number of aryl methyl sites for hydroxylation is 1. The molecule has 1 aromatic heterocycles. The summed E-state index contributed by atoms with van der Waals surface area (Å²) in [6, 6.07) is 11.6. The zero-order valence-electron chi connectivity index (χ0n) is 14.5. The number of nitrogens with one attached hydrogen (secondary N) is 1. The number of likely N-dealkylation sites (tertiary alicyclic amines) is 1. The van der Waals surface area contributed by atoms with Crippen LogP contribution in [-0.4, -0.2) is 38.5 Å². The molecule has 0 radical (unpaired) electrons. The number of aromatic nitrogens is 2. The first-order valence-electron chi connectivity index (χ1n) is 9.26. The Kier molecular flexibility index (Phi) is 3.48. The van der Waals surface area contributed by atoms with Gasteiger partial charge < -0.3 is 15.0 Å². The maximum absolute atomic E-state index is 13.2. The summed E-state index contributed by atoms with van der Waals surface area (Å²) in [5.41, 5.74) is 5.01. The molecular formula is C21H21N3O2. The van der Waals surface area contributed by atoms with Crippen molar-refractivity contribution in [3.63, 3.8) is 0 Å². The highest BCUT2D eigenvalue weighted by atomic mass is 16.3. The van der Waals surface area contributed by atoms with Gasteiger partial charge in [0.25, 0.3) is 5.91 Å². The topological polar surface area (TPSA) is 69.2 Å². The molecule has 2 heterocycles. The van der Waals surface area contributed by atoms with Crippen molar-refractivity contribution >= 4 is 16.9 Å². The number of hydrogen-bond acceptors (Lipinski definition) is 3. The lowest BCUT2D eigenvalue weighted by molar-refractivity contribution is 0.0547. The number of benzene rings is 2. The van der Waals surface area contributed by atoms with Crippen LogP contribution in [0.15, 0.2) is 42.7 Å². The number of amides is 1. The van der Waals surface area contributed by atoms with Gasteiger partial charge in [-0.05, 0) is 67.1 Å². The number of piperidine rings is 1. The number of imidazole rings is 1. The Morgan fingerprint density at radius 2 is 2.12 bits per heavy atom. The van der Waals surface area contributed by atoms with Crippen LogP contribution in [-0.2, 0) is 6.42 Å². The average Bonchev–Trinajstić information content (AvgIpc) is 3.14. The van der Waals surface area contributed by atoms with Crippen molar-refractivity contribution in [2.45, 2.75) is 37.6 Å². The predicted molar refractivity (Wildman–Crippen MR) is 99.3 cm³/mol. The maximum Gasteiger partial charge on any atom is 0.254 e. The summed E-state index contributed by atoms with van der Waals surface area (Å²) in [4.78, 5) is 22.6. The summed E-state index contributed by atoms with van der Waals surface area (Å²) in [6.07, 6.45) is 5.66. The molecule has 5 nitrogen and oxygen atoms in total. The van der Waals surface area contributed by atoms with E-state index in [2.05, 4.69) is 14.9 Å². The van der Waals surface area contributed by atoms with E-state index in [1.54, 1.807) is 12.4 Å². The van der Waals surface area contributed by atoms with Crippen molar-refractivity contribution in [1.82, 2.24) is 14.9 Å². The van der Waals surface area contributed by atoms with Crippen LogP contribution in [0.1, 0.15) is 46.7 Å². The fourth-order valence-electron chi connectivity index (χ4n) is 4.72. The lowest BCUT2D eigenvalue weighted by Gasteiger charge is -2.45. The fraction of sp³-hybridized carbons (Fsp3) is 0.333. The fourth-order valence-corrected chi connectivity index (χ4v) is 4.72. The standard InChI is InChI=1S/C21H21N3O2/c25-15-6-3-13-5-8-20-16(17(13)11-15)2-1-9-24(20)21(26)14-4-7-18-19(10-14)23-12-22-18/h3-4,6-7,10-12,16,20,25H,1-2,5,8-9H2,(H,22,23)/t16-,20+/m0/s1. The predicted octanol–water partition coefficient (Wildman–Crippen LogP) is 3.60. The number of aromatic amines is 1. The van der Waals surface area contributed by atoms with Gasteiger partial charge in [0.2, 0.25) is 0 Å². The molecule has 1 amide bonds. The van der Waals surface area contributed by atoms with Crippen LogP contribution in [0.2, 0.25) is 0 Å². The molecule has 0 spiro atoms. The summed E-state index contributed by atoms with van der Waals surface area (Å²) in [7, 11) is 0. The highest BCUT2D eigenvalue weighted by Crippen LogP contribution is 2.42. The second kappa shape index (κ2) is 5.87. The van der Waals surface area contributed by atoms with Crippen LogP contribution in [0.4, 0.5) is 0 Å². The third-order valence-electron chi connectivity index (χ3n) is 5.95. The van der Waals surface area contributed by atoms with E-state index in [1.165, 1.54) is 11.1 Å². The Bertz CT molecular complexity index is 994. The lowest BCUT2D eigenvalue weighted by Crippen LogP contribution is -2.49. The van der Waals surface area contributed by atoms with E-state index < -0.39 is 0 Å². The number of phenolic OH excluding ortho intramolecular Hbond substituents is 1. The zero-order chi connectivity index (χ0) is 17.7. The van der Waals surface area contributed by atoms with Crippen molar-refractivity contribution in [2.24, 2.45) is 0 Å². The molecule has 2 aliphatic rings. The molecule has 0 unspecified atom stereocenters. The number of phenols is 1. The first-order chi connectivity index (χ1) is 12.7. The number of rotatable bonds is 1. The molecule has 1 aliphatic heterocycles. The molecular weight excluding hydrogens is 326 g/mol. The molecule has 5 heteroatoms. The molecule has 2 atom stereocenters. The van der Waals surface area contributed by atoms with Gasteiger partial charge in [-0.15, -0.1) is 0 Å². The smallest absolute Gasteiger partial charge is 0.254 e. The molecule has 5 rings (SSSR count). The second-order valence-corrected chi connectivity index (χ2v) is 7.37. The minimum Gasteiger partial charge on any atom is -0.508 e. The number of nitrogens with zero attached hydrogens (tertiary/aromatic N) is 2. The summed E-state index contributed by atoms with van der Waals surface area (Å²) in [5.74, 6) is 0.725. The highest BCUT2D eigenvalue weighted by Gasteiger charge is 2.38. The van der Waals surface area contributed by atoms with Gasteiger partial charge >= 0.3 is 0 Å². The van der Waals surface area contributed by atoms with Crippen LogP contribution in [0.25, 0.3) is 11.0 Å². The van der Waals surface area contributed by atoms with E-state index in [4.69, 9.17) is 0 Å². The van der Waals surface area contributed by atoms with Crippen LogP contribution < -0.4 is 0 Å².